The van der Waals surface area contributed by atoms with Gasteiger partial charge in [-0.15, -0.1) is 11.3 Å². The number of thiophene rings is 1. The van der Waals surface area contributed by atoms with Crippen LogP contribution in [0.1, 0.15) is 80.8 Å². The predicted octanol–water partition coefficient (Wildman–Crippen LogP) is 6.11. The number of carbonyl (C=O) groups excluding carboxylic acids is 3. The van der Waals surface area contributed by atoms with Gasteiger partial charge in [0.1, 0.15) is 6.54 Å². The van der Waals surface area contributed by atoms with E-state index in [1.165, 1.54) is 0 Å². The summed E-state index contributed by atoms with van der Waals surface area (Å²) in [7, 11) is 0. The Morgan fingerprint density at radius 2 is 1.82 bits per heavy atom. The van der Waals surface area contributed by atoms with Crippen molar-refractivity contribution < 1.29 is 19.5 Å². The molecule has 7 nitrogen and oxygen atoms in total. The topological polar surface area (TPSA) is 91.6 Å². The van der Waals surface area contributed by atoms with Crippen molar-refractivity contribution in [3.8, 4) is 0 Å². The lowest BCUT2D eigenvalue weighted by Crippen LogP contribution is -2.35. The number of carbonyl (C=O) groups is 3. The number of likely N-dealkylation sites (N-methyl/N-ethyl adjacent to an activating group) is 1. The van der Waals surface area contributed by atoms with E-state index in [0.717, 1.165) is 72.8 Å². The average Bonchev–Trinajstić information content (AvgIpc) is 3.54. The van der Waals surface area contributed by atoms with Crippen molar-refractivity contribution in [2.45, 2.75) is 78.2 Å². The minimum Gasteiger partial charge on any atom is -0.396 e. The number of benzene rings is 1. The van der Waals surface area contributed by atoms with Gasteiger partial charge in [-0.3, -0.25) is 14.4 Å². The summed E-state index contributed by atoms with van der Waals surface area (Å²) in [5, 5.41) is 13.9. The van der Waals surface area contributed by atoms with Gasteiger partial charge in [0.25, 0.3) is 0 Å². The molecule has 2 aromatic heterocycles. The van der Waals surface area contributed by atoms with E-state index < -0.39 is 0 Å². The zero-order chi connectivity index (χ0) is 28.5. The van der Waals surface area contributed by atoms with Crippen molar-refractivity contribution >= 4 is 44.8 Å². The quantitative estimate of drug-likeness (QED) is 0.182. The first-order valence-corrected chi connectivity index (χ1v) is 15.6. The molecule has 0 saturated heterocycles. The van der Waals surface area contributed by atoms with Crippen LogP contribution >= 0.6 is 11.3 Å². The molecule has 3 aromatic rings. The molecule has 0 bridgehead atoms. The maximum atomic E-state index is 13.6. The molecule has 0 aliphatic heterocycles. The Labute approximate surface area is 241 Å². The van der Waals surface area contributed by atoms with E-state index in [4.69, 9.17) is 5.11 Å². The van der Waals surface area contributed by atoms with Crippen LogP contribution in [0.3, 0.4) is 0 Å². The minimum absolute atomic E-state index is 0.0252. The van der Waals surface area contributed by atoms with E-state index in [1.807, 2.05) is 60.2 Å². The maximum absolute atomic E-state index is 13.6. The predicted molar refractivity (Wildman–Crippen MR) is 162 cm³/mol. The van der Waals surface area contributed by atoms with Crippen LogP contribution in [-0.4, -0.2) is 47.0 Å². The standard InChI is InChI=1S/C32H43N3O4S/c1-3-34(26-10-8-9-23(2)19-26)31(38)22-35-27-15-18-40-30(27)21-28(35)29(37)20-24-11-13-25(14-12-24)32(39)33-16-6-4-5-7-17-36/h8-10,15,18-19,21,24-25,36H,3-7,11-14,16-17,20,22H2,1-2H3,(H,33,39). The number of aliphatic hydroxyl groups is 1. The van der Waals surface area contributed by atoms with Crippen LogP contribution in [0.15, 0.2) is 41.8 Å². The lowest BCUT2D eigenvalue weighted by molar-refractivity contribution is -0.126. The van der Waals surface area contributed by atoms with Gasteiger partial charge in [0, 0.05) is 37.7 Å². The van der Waals surface area contributed by atoms with Gasteiger partial charge in [0.2, 0.25) is 11.8 Å². The van der Waals surface area contributed by atoms with Gasteiger partial charge in [-0.25, -0.2) is 0 Å². The lowest BCUT2D eigenvalue weighted by atomic mass is 9.79. The zero-order valence-electron chi connectivity index (χ0n) is 23.9. The maximum Gasteiger partial charge on any atom is 0.246 e. The summed E-state index contributed by atoms with van der Waals surface area (Å²) in [6.07, 6.45) is 7.57. The highest BCUT2D eigenvalue weighted by Crippen LogP contribution is 2.33. The molecule has 0 atom stereocenters. The van der Waals surface area contributed by atoms with Gasteiger partial charge in [0.15, 0.2) is 5.78 Å². The Kier molecular flexibility index (Phi) is 10.9. The number of rotatable bonds is 14. The van der Waals surface area contributed by atoms with Crippen LogP contribution in [0.4, 0.5) is 5.69 Å². The first kappa shape index (κ1) is 30.0. The zero-order valence-corrected chi connectivity index (χ0v) is 24.7. The molecule has 40 heavy (non-hydrogen) atoms. The third-order valence-electron chi connectivity index (χ3n) is 8.11. The van der Waals surface area contributed by atoms with Crippen LogP contribution in [-0.2, 0) is 16.1 Å². The van der Waals surface area contributed by atoms with Gasteiger partial charge < -0.3 is 19.9 Å². The average molecular weight is 566 g/mol. The number of Topliss-reactive ketones (excluding diaryl/α,β-unsaturated/α-hetero) is 1. The molecule has 2 amide bonds. The first-order chi connectivity index (χ1) is 19.4. The molecule has 216 valence electrons. The fourth-order valence-corrected chi connectivity index (χ4v) is 6.66. The number of ketones is 1. The van der Waals surface area contributed by atoms with Gasteiger partial charge in [0.05, 0.1) is 15.9 Å². The number of nitrogens with one attached hydrogen (secondary N) is 1. The highest BCUT2D eigenvalue weighted by Gasteiger charge is 2.29. The van der Waals surface area contributed by atoms with Gasteiger partial charge in [-0.1, -0.05) is 25.0 Å². The Balaban J connectivity index is 1.34. The molecule has 2 heterocycles. The number of hydrogen-bond donors (Lipinski definition) is 2. The monoisotopic (exact) mass is 565 g/mol. The first-order valence-electron chi connectivity index (χ1n) is 14.8. The molecule has 2 N–H and O–H groups in total. The van der Waals surface area contributed by atoms with Crippen LogP contribution in [0.5, 0.6) is 0 Å². The summed E-state index contributed by atoms with van der Waals surface area (Å²) < 4.78 is 2.92. The number of nitrogens with zero attached hydrogens (tertiary/aromatic N) is 2. The highest BCUT2D eigenvalue weighted by molar-refractivity contribution is 7.17. The van der Waals surface area contributed by atoms with Gasteiger partial charge in [-0.2, -0.15) is 0 Å². The second kappa shape index (κ2) is 14.6. The summed E-state index contributed by atoms with van der Waals surface area (Å²) in [6, 6.07) is 11.9. The summed E-state index contributed by atoms with van der Waals surface area (Å²) in [4.78, 5) is 41.4. The van der Waals surface area contributed by atoms with Crippen molar-refractivity contribution in [3.63, 3.8) is 0 Å². The number of amides is 2. The van der Waals surface area contributed by atoms with E-state index in [2.05, 4.69) is 5.32 Å². The number of aliphatic hydroxyl groups excluding tert-OH is 1. The van der Waals surface area contributed by atoms with Crippen molar-refractivity contribution in [1.29, 1.82) is 0 Å². The molecule has 0 spiro atoms. The van der Waals surface area contributed by atoms with Crippen molar-refractivity contribution in [2.24, 2.45) is 11.8 Å². The molecular formula is C32H43N3O4S. The smallest absolute Gasteiger partial charge is 0.246 e. The summed E-state index contributed by atoms with van der Waals surface area (Å²) in [5.74, 6) is 0.453. The Morgan fingerprint density at radius 1 is 1.05 bits per heavy atom. The number of anilines is 1. The van der Waals surface area contributed by atoms with Crippen molar-refractivity contribution in [1.82, 2.24) is 9.88 Å². The number of fused-ring (bicyclic) bond motifs is 1. The van der Waals surface area contributed by atoms with Gasteiger partial charge in [-0.05, 0) is 93.5 Å². The molecule has 0 unspecified atom stereocenters. The molecule has 1 fully saturated rings. The van der Waals surface area contributed by atoms with Crippen molar-refractivity contribution in [3.05, 3.63) is 53.0 Å². The van der Waals surface area contributed by atoms with Crippen LogP contribution in [0.2, 0.25) is 0 Å². The van der Waals surface area contributed by atoms with E-state index >= 15 is 0 Å². The number of aryl methyl sites for hydroxylation is 1. The Morgan fingerprint density at radius 3 is 2.55 bits per heavy atom. The summed E-state index contributed by atoms with van der Waals surface area (Å²) in [5.41, 5.74) is 3.51. The molecule has 0 radical (unpaired) electrons. The fraction of sp³-hybridized carbons (Fsp3) is 0.531. The molecule has 1 aliphatic rings. The van der Waals surface area contributed by atoms with Crippen molar-refractivity contribution in [2.75, 3.05) is 24.6 Å². The SMILES string of the molecule is CCN(C(=O)Cn1c(C(=O)CC2CCC(C(=O)NCCCCCCO)CC2)cc2sccc21)c1cccc(C)c1. The third-order valence-corrected chi connectivity index (χ3v) is 8.96. The number of aromatic nitrogens is 1. The Hall–Kier alpha value is -2.97. The van der Waals surface area contributed by atoms with E-state index in [9.17, 15) is 14.4 Å². The van der Waals surface area contributed by atoms with Gasteiger partial charge >= 0.3 is 0 Å². The third kappa shape index (κ3) is 7.61. The van der Waals surface area contributed by atoms with Crippen LogP contribution in [0, 0.1) is 18.8 Å². The summed E-state index contributed by atoms with van der Waals surface area (Å²) in [6.45, 7) is 5.58. The largest absolute Gasteiger partial charge is 0.396 e. The molecule has 1 aliphatic carbocycles. The highest BCUT2D eigenvalue weighted by atomic mass is 32.1. The fourth-order valence-electron chi connectivity index (χ4n) is 5.84. The number of hydrogen-bond acceptors (Lipinski definition) is 5. The molecule has 8 heteroatoms. The van der Waals surface area contributed by atoms with E-state index in [0.29, 0.717) is 25.2 Å². The normalized spacial score (nSPS) is 17.2. The van der Waals surface area contributed by atoms with E-state index in [-0.39, 0.29) is 42.6 Å². The second-order valence-corrected chi connectivity index (χ2v) is 12.0. The molecule has 1 aromatic carbocycles. The number of unbranched alkanes of at least 4 members (excludes halogenated alkanes) is 3. The van der Waals surface area contributed by atoms with Crippen LogP contribution < -0.4 is 10.2 Å². The van der Waals surface area contributed by atoms with E-state index in [1.54, 1.807) is 16.2 Å². The van der Waals surface area contributed by atoms with Crippen LogP contribution in [0.25, 0.3) is 10.2 Å². The molecular weight excluding hydrogens is 522 g/mol. The molecule has 1 saturated carbocycles. The minimum atomic E-state index is -0.0363. The molecule has 4 rings (SSSR count). The summed E-state index contributed by atoms with van der Waals surface area (Å²) >= 11 is 1.59. The second-order valence-electron chi connectivity index (χ2n) is 11.0. The Bertz CT molecular complexity index is 1290. The lowest BCUT2D eigenvalue weighted by Gasteiger charge is -2.27.